The monoisotopic (exact) mass is 266 g/mol. The first-order valence-electron chi connectivity index (χ1n) is 8.01. The average molecular weight is 266 g/mol. The predicted molar refractivity (Wildman–Crippen MR) is 78.9 cm³/mol. The molecule has 1 aliphatic carbocycles. The molecule has 2 rings (SSSR count). The molecule has 0 radical (unpaired) electrons. The molecule has 2 N–H and O–H groups in total. The molecule has 3 heteroatoms. The lowest BCUT2D eigenvalue weighted by atomic mass is 9.78. The first-order valence-corrected chi connectivity index (χ1v) is 8.01. The van der Waals surface area contributed by atoms with Crippen LogP contribution in [-0.2, 0) is 4.79 Å². The van der Waals surface area contributed by atoms with Crippen molar-refractivity contribution in [3.63, 3.8) is 0 Å². The first-order chi connectivity index (χ1) is 9.02. The quantitative estimate of drug-likeness (QED) is 0.776. The number of hydrogen-bond acceptors (Lipinski definition) is 2. The summed E-state index contributed by atoms with van der Waals surface area (Å²) >= 11 is 0. The van der Waals surface area contributed by atoms with Gasteiger partial charge in [-0.2, -0.15) is 0 Å². The van der Waals surface area contributed by atoms with Crippen molar-refractivity contribution in [3.05, 3.63) is 0 Å². The minimum absolute atomic E-state index is 0.166. The molecule has 0 spiro atoms. The molecule has 1 aliphatic heterocycles. The molecule has 110 valence electrons. The van der Waals surface area contributed by atoms with Crippen LogP contribution < -0.4 is 10.6 Å². The smallest absolute Gasteiger partial charge is 0.223 e. The van der Waals surface area contributed by atoms with Gasteiger partial charge >= 0.3 is 0 Å². The Hall–Kier alpha value is -0.570. The highest BCUT2D eigenvalue weighted by molar-refractivity contribution is 5.78. The van der Waals surface area contributed by atoms with Crippen LogP contribution in [0.2, 0.25) is 0 Å². The number of nitrogens with one attached hydrogen (secondary N) is 2. The zero-order chi connectivity index (χ0) is 13.9. The van der Waals surface area contributed by atoms with Crippen LogP contribution in [0, 0.1) is 23.2 Å². The van der Waals surface area contributed by atoms with Gasteiger partial charge in [0.1, 0.15) is 0 Å². The van der Waals surface area contributed by atoms with Crippen molar-refractivity contribution in [3.8, 4) is 0 Å². The number of rotatable bonds is 6. The number of carbonyl (C=O) groups excluding carboxylic acids is 1. The number of amides is 1. The molecular formula is C16H30N2O. The highest BCUT2D eigenvalue weighted by Gasteiger charge is 2.36. The molecule has 1 atom stereocenters. The summed E-state index contributed by atoms with van der Waals surface area (Å²) in [5.74, 6) is 1.70. The van der Waals surface area contributed by atoms with E-state index in [1.165, 1.54) is 32.1 Å². The lowest BCUT2D eigenvalue weighted by molar-refractivity contribution is -0.127. The van der Waals surface area contributed by atoms with Gasteiger partial charge in [-0.1, -0.05) is 33.6 Å². The van der Waals surface area contributed by atoms with E-state index in [0.717, 1.165) is 25.6 Å². The molecule has 2 aliphatic rings. The molecule has 1 amide bonds. The van der Waals surface area contributed by atoms with Crippen molar-refractivity contribution >= 4 is 5.91 Å². The van der Waals surface area contributed by atoms with Crippen molar-refractivity contribution < 1.29 is 4.79 Å². The van der Waals surface area contributed by atoms with Crippen molar-refractivity contribution in [2.75, 3.05) is 19.6 Å². The third-order valence-electron chi connectivity index (χ3n) is 5.08. The van der Waals surface area contributed by atoms with Crippen molar-refractivity contribution in [2.45, 2.75) is 52.9 Å². The maximum absolute atomic E-state index is 12.2. The van der Waals surface area contributed by atoms with E-state index in [1.54, 1.807) is 0 Å². The largest absolute Gasteiger partial charge is 0.355 e. The summed E-state index contributed by atoms with van der Waals surface area (Å²) in [4.78, 5) is 12.2. The highest BCUT2D eigenvalue weighted by atomic mass is 16.1. The Kier molecular flexibility index (Phi) is 4.88. The van der Waals surface area contributed by atoms with E-state index >= 15 is 0 Å². The molecular weight excluding hydrogens is 236 g/mol. The zero-order valence-corrected chi connectivity index (χ0v) is 12.8. The second-order valence-corrected chi connectivity index (χ2v) is 7.23. The van der Waals surface area contributed by atoms with E-state index < -0.39 is 0 Å². The zero-order valence-electron chi connectivity index (χ0n) is 12.8. The summed E-state index contributed by atoms with van der Waals surface area (Å²) in [6, 6.07) is 0. The van der Waals surface area contributed by atoms with E-state index in [9.17, 15) is 4.79 Å². The van der Waals surface area contributed by atoms with E-state index in [2.05, 4.69) is 31.4 Å². The van der Waals surface area contributed by atoms with Gasteiger partial charge in [-0.25, -0.2) is 0 Å². The minimum Gasteiger partial charge on any atom is -0.355 e. The van der Waals surface area contributed by atoms with Gasteiger partial charge in [0.05, 0.1) is 0 Å². The molecule has 0 aromatic carbocycles. The Balaban J connectivity index is 1.82. The first kappa shape index (κ1) is 14.8. The van der Waals surface area contributed by atoms with E-state index in [1.807, 2.05) is 0 Å². The molecule has 1 heterocycles. The molecule has 0 aromatic rings. The Morgan fingerprint density at radius 2 is 1.89 bits per heavy atom. The van der Waals surface area contributed by atoms with Gasteiger partial charge in [0, 0.05) is 12.5 Å². The molecule has 3 nitrogen and oxygen atoms in total. The van der Waals surface area contributed by atoms with Crippen molar-refractivity contribution in [1.82, 2.24) is 10.6 Å². The lowest BCUT2D eigenvalue weighted by Gasteiger charge is -2.34. The highest BCUT2D eigenvalue weighted by Crippen LogP contribution is 2.42. The third-order valence-corrected chi connectivity index (χ3v) is 5.08. The average Bonchev–Trinajstić information content (AvgIpc) is 2.71. The second kappa shape index (κ2) is 6.25. The van der Waals surface area contributed by atoms with Crippen molar-refractivity contribution in [1.29, 1.82) is 0 Å². The summed E-state index contributed by atoms with van der Waals surface area (Å²) in [5.41, 5.74) is 0.390. The van der Waals surface area contributed by atoms with E-state index in [4.69, 9.17) is 0 Å². The Morgan fingerprint density at radius 3 is 2.37 bits per heavy atom. The third kappa shape index (κ3) is 3.71. The second-order valence-electron chi connectivity index (χ2n) is 7.23. The summed E-state index contributed by atoms with van der Waals surface area (Å²) in [6.07, 6.45) is 6.53. The molecule has 2 fully saturated rings. The molecule has 0 bridgehead atoms. The van der Waals surface area contributed by atoms with Crippen LogP contribution >= 0.6 is 0 Å². The summed E-state index contributed by atoms with van der Waals surface area (Å²) < 4.78 is 0. The van der Waals surface area contributed by atoms with Crippen LogP contribution in [0.1, 0.15) is 52.9 Å². The fraction of sp³-hybridized carbons (Fsp3) is 0.938. The lowest BCUT2D eigenvalue weighted by Crippen LogP contribution is -2.50. The Morgan fingerprint density at radius 1 is 1.26 bits per heavy atom. The molecule has 1 unspecified atom stereocenters. The Bertz CT molecular complexity index is 304. The molecule has 1 saturated carbocycles. The molecule has 0 aromatic heterocycles. The van der Waals surface area contributed by atoms with Crippen molar-refractivity contribution in [2.24, 2.45) is 23.2 Å². The van der Waals surface area contributed by atoms with E-state index in [-0.39, 0.29) is 11.8 Å². The minimum atomic E-state index is 0.166. The number of carbonyl (C=O) groups is 1. The van der Waals surface area contributed by atoms with Crippen LogP contribution in [-0.4, -0.2) is 25.5 Å². The van der Waals surface area contributed by atoms with Crippen LogP contribution in [0.15, 0.2) is 0 Å². The molecule has 1 saturated heterocycles. The number of hydrogen-bond donors (Lipinski definition) is 2. The van der Waals surface area contributed by atoms with Gasteiger partial charge < -0.3 is 10.6 Å². The fourth-order valence-electron chi connectivity index (χ4n) is 3.76. The maximum Gasteiger partial charge on any atom is 0.223 e. The topological polar surface area (TPSA) is 41.1 Å². The SMILES string of the molecule is CC(C)CC1(CNC(=O)C(C)C2CNC2)CCCC1. The molecule has 19 heavy (non-hydrogen) atoms. The van der Waals surface area contributed by atoms with Crippen LogP contribution in [0.3, 0.4) is 0 Å². The maximum atomic E-state index is 12.2. The fourth-order valence-corrected chi connectivity index (χ4v) is 3.76. The standard InChI is InChI=1S/C16H30N2O/c1-12(2)8-16(6-4-5-7-16)11-18-15(19)13(3)14-9-17-10-14/h12-14,17H,4-11H2,1-3H3,(H,18,19). The van der Waals surface area contributed by atoms with Gasteiger partial charge in [-0.15, -0.1) is 0 Å². The predicted octanol–water partition coefficient (Wildman–Crippen LogP) is 2.56. The van der Waals surface area contributed by atoms with Gasteiger partial charge in [0.25, 0.3) is 0 Å². The Labute approximate surface area is 117 Å². The van der Waals surface area contributed by atoms with Gasteiger partial charge in [-0.05, 0) is 49.6 Å². The van der Waals surface area contributed by atoms with Crippen LogP contribution in [0.5, 0.6) is 0 Å². The summed E-state index contributed by atoms with van der Waals surface area (Å²) in [6.45, 7) is 9.58. The van der Waals surface area contributed by atoms with Gasteiger partial charge in [0.2, 0.25) is 5.91 Å². The van der Waals surface area contributed by atoms with Crippen LogP contribution in [0.4, 0.5) is 0 Å². The van der Waals surface area contributed by atoms with Crippen LogP contribution in [0.25, 0.3) is 0 Å². The summed E-state index contributed by atoms with van der Waals surface area (Å²) in [7, 11) is 0. The normalized spacial score (nSPS) is 24.2. The van der Waals surface area contributed by atoms with Gasteiger partial charge in [0.15, 0.2) is 0 Å². The summed E-state index contributed by atoms with van der Waals surface area (Å²) in [5, 5.41) is 6.50. The van der Waals surface area contributed by atoms with Gasteiger partial charge in [-0.3, -0.25) is 4.79 Å². The van der Waals surface area contributed by atoms with E-state index in [0.29, 0.717) is 11.3 Å².